The van der Waals surface area contributed by atoms with Gasteiger partial charge in [0.1, 0.15) is 24.0 Å². The Morgan fingerprint density at radius 3 is 2.93 bits per heavy atom. The van der Waals surface area contributed by atoms with Crippen LogP contribution < -0.4 is 0 Å². The number of H-pyrrole nitrogens is 1. The number of fused-ring (bicyclic) bond motifs is 4. The van der Waals surface area contributed by atoms with Crippen molar-refractivity contribution in [1.29, 1.82) is 0 Å². The molecule has 0 radical (unpaired) electrons. The zero-order valence-electron chi connectivity index (χ0n) is 16.2. The number of carbonyl (C=O) groups excluding carboxylic acids is 1. The van der Waals surface area contributed by atoms with E-state index in [4.69, 9.17) is 4.74 Å². The molecule has 5 atom stereocenters. The highest BCUT2D eigenvalue weighted by Gasteiger charge is 2.71. The number of hydrogen-bond donors (Lipinski definition) is 2. The smallest absolute Gasteiger partial charge is 0.320 e. The topological polar surface area (TPSA) is 62.3 Å². The minimum absolute atomic E-state index is 0.0223. The summed E-state index contributed by atoms with van der Waals surface area (Å²) in [6, 6.07) is 8.76. The van der Waals surface area contributed by atoms with Gasteiger partial charge in [-0.15, -0.1) is 0 Å². The Bertz CT molecular complexity index is 977. The number of allylic oxidation sites excluding steroid dienone is 1. The van der Waals surface area contributed by atoms with Gasteiger partial charge in [-0.3, -0.25) is 4.79 Å². The van der Waals surface area contributed by atoms with Crippen LogP contribution in [-0.2, 0) is 16.0 Å². The molecule has 2 N–H and O–H groups in total. The minimum Gasteiger partial charge on any atom is -0.468 e. The predicted octanol–water partition coefficient (Wildman–Crippen LogP) is 2.71. The lowest BCUT2D eigenvalue weighted by molar-refractivity contribution is -0.981. The highest BCUT2D eigenvalue weighted by Crippen LogP contribution is 2.62. The number of nitrogens with zero attached hydrogens (tertiary/aromatic N) is 1. The normalized spacial score (nSPS) is 38.2. The number of para-hydroxylation sites is 1. The van der Waals surface area contributed by atoms with E-state index in [1.165, 1.54) is 29.3 Å². The highest BCUT2D eigenvalue weighted by atomic mass is 16.5. The molecule has 0 amide bonds. The Morgan fingerprint density at radius 2 is 2.22 bits per heavy atom. The van der Waals surface area contributed by atoms with Gasteiger partial charge in [0.25, 0.3) is 0 Å². The maximum absolute atomic E-state index is 13.1. The largest absolute Gasteiger partial charge is 0.468 e. The number of hydrogen-bond acceptors (Lipinski definition) is 3. The number of aromatic amines is 1. The van der Waals surface area contributed by atoms with Crippen molar-refractivity contribution in [3.8, 4) is 0 Å². The molecular formula is C22H27N2O3+. The molecule has 142 valence electrons. The van der Waals surface area contributed by atoms with Crippen molar-refractivity contribution in [2.75, 3.05) is 27.3 Å². The van der Waals surface area contributed by atoms with Gasteiger partial charge in [-0.1, -0.05) is 24.3 Å². The summed E-state index contributed by atoms with van der Waals surface area (Å²) in [4.78, 5) is 16.8. The Balaban J connectivity index is 1.78. The molecule has 4 aliphatic rings. The molecule has 1 aromatic heterocycles. The van der Waals surface area contributed by atoms with Crippen LogP contribution in [0.1, 0.15) is 30.6 Å². The summed E-state index contributed by atoms with van der Waals surface area (Å²) in [5.41, 5.74) is 4.23. The van der Waals surface area contributed by atoms with Gasteiger partial charge in [0.15, 0.2) is 0 Å². The molecule has 4 bridgehead atoms. The van der Waals surface area contributed by atoms with Crippen molar-refractivity contribution in [1.82, 2.24) is 4.98 Å². The van der Waals surface area contributed by atoms with E-state index in [1.54, 1.807) is 0 Å². The number of benzene rings is 1. The summed E-state index contributed by atoms with van der Waals surface area (Å²) in [6.45, 7) is 2.82. The number of ether oxygens (including phenoxy) is 1. The molecule has 5 nitrogen and oxygen atoms in total. The predicted molar refractivity (Wildman–Crippen MR) is 103 cm³/mol. The number of aliphatic hydroxyl groups excluding tert-OH is 1. The number of nitrogens with one attached hydrogen (secondary N) is 1. The molecule has 3 unspecified atom stereocenters. The molecule has 6 rings (SSSR count). The van der Waals surface area contributed by atoms with Crippen LogP contribution in [0.25, 0.3) is 10.9 Å². The van der Waals surface area contributed by atoms with Gasteiger partial charge in [0.05, 0.1) is 26.5 Å². The van der Waals surface area contributed by atoms with E-state index in [-0.39, 0.29) is 24.5 Å². The second-order valence-corrected chi connectivity index (χ2v) is 8.65. The van der Waals surface area contributed by atoms with Crippen LogP contribution in [0, 0.1) is 11.3 Å². The van der Waals surface area contributed by atoms with Gasteiger partial charge in [0, 0.05) is 29.7 Å². The number of methoxy groups -OCH3 is 1. The van der Waals surface area contributed by atoms with Crippen molar-refractivity contribution in [3.63, 3.8) is 0 Å². The number of aliphatic hydroxyl groups is 1. The fourth-order valence-electron chi connectivity index (χ4n) is 6.62. The third-order valence-electron chi connectivity index (χ3n) is 7.85. The van der Waals surface area contributed by atoms with Crippen LogP contribution in [0.5, 0.6) is 0 Å². The average molecular weight is 367 g/mol. The van der Waals surface area contributed by atoms with E-state index in [9.17, 15) is 9.90 Å². The lowest BCUT2D eigenvalue weighted by Gasteiger charge is -2.66. The van der Waals surface area contributed by atoms with Gasteiger partial charge in [0.2, 0.25) is 0 Å². The number of carbonyl (C=O) groups is 1. The second-order valence-electron chi connectivity index (χ2n) is 8.65. The second kappa shape index (κ2) is 5.46. The molecule has 1 aromatic carbocycles. The molecule has 2 aromatic rings. The van der Waals surface area contributed by atoms with Gasteiger partial charge >= 0.3 is 5.97 Å². The van der Waals surface area contributed by atoms with E-state index < -0.39 is 5.41 Å². The van der Waals surface area contributed by atoms with Crippen LogP contribution in [-0.4, -0.2) is 53.9 Å². The van der Waals surface area contributed by atoms with Gasteiger partial charge in [-0.05, 0) is 24.1 Å². The SMILES string of the molecule is C/C=C1/C[N+]2(C)[C@H]3CC1C(CO)(C(=O)OC)[C@@H]2Cc1c3[nH]c2ccccc12. The van der Waals surface area contributed by atoms with E-state index in [1.807, 2.05) is 6.92 Å². The van der Waals surface area contributed by atoms with Crippen molar-refractivity contribution >= 4 is 16.9 Å². The van der Waals surface area contributed by atoms with Crippen molar-refractivity contribution in [2.24, 2.45) is 11.3 Å². The lowest BCUT2D eigenvalue weighted by atomic mass is 9.54. The Hall–Kier alpha value is -2.11. The first-order valence-corrected chi connectivity index (χ1v) is 9.80. The Labute approximate surface area is 159 Å². The summed E-state index contributed by atoms with van der Waals surface area (Å²) in [7, 11) is 3.71. The number of quaternary nitrogens is 1. The number of piperidine rings is 3. The molecule has 5 heterocycles. The molecule has 3 saturated heterocycles. The van der Waals surface area contributed by atoms with Gasteiger partial charge < -0.3 is 19.3 Å². The molecule has 0 saturated carbocycles. The van der Waals surface area contributed by atoms with E-state index >= 15 is 0 Å². The summed E-state index contributed by atoms with van der Waals surface area (Å²) >= 11 is 0. The van der Waals surface area contributed by atoms with Crippen LogP contribution in [0.3, 0.4) is 0 Å². The van der Waals surface area contributed by atoms with Crippen molar-refractivity contribution in [2.45, 2.75) is 31.8 Å². The molecule has 5 heteroatoms. The molecule has 0 spiro atoms. The molecule has 3 fully saturated rings. The van der Waals surface area contributed by atoms with Crippen molar-refractivity contribution in [3.05, 3.63) is 47.2 Å². The third-order valence-corrected chi connectivity index (χ3v) is 7.85. The number of esters is 1. The van der Waals surface area contributed by atoms with Crippen LogP contribution in [0.15, 0.2) is 35.9 Å². The maximum Gasteiger partial charge on any atom is 0.320 e. The summed E-state index contributed by atoms with van der Waals surface area (Å²) in [5.74, 6) is -0.223. The molecular weight excluding hydrogens is 340 g/mol. The standard InChI is InChI=1S/C22H27N2O3/c1-4-13-11-24(2)18-10-16(13)22(12-25,21(26)27-3)19(24)9-15-14-7-5-6-8-17(14)23-20(15)18/h4-8,16,18-19,23,25H,9-12H2,1-3H3/q+1/b13-4-/t16?,18-,19-,22?,24?/m0/s1. The third kappa shape index (κ3) is 1.84. The van der Waals surface area contributed by atoms with Crippen LogP contribution >= 0.6 is 0 Å². The van der Waals surface area contributed by atoms with E-state index in [2.05, 4.69) is 42.4 Å². The first-order valence-electron chi connectivity index (χ1n) is 9.80. The van der Waals surface area contributed by atoms with Gasteiger partial charge in [-0.25, -0.2) is 0 Å². The van der Waals surface area contributed by atoms with Crippen LogP contribution in [0.4, 0.5) is 0 Å². The zero-order valence-corrected chi connectivity index (χ0v) is 16.2. The first-order chi connectivity index (χ1) is 13.0. The summed E-state index contributed by atoms with van der Waals surface area (Å²) in [6.07, 6.45) is 3.80. The van der Waals surface area contributed by atoms with E-state index in [0.29, 0.717) is 6.04 Å². The lowest BCUT2D eigenvalue weighted by Crippen LogP contribution is -2.76. The van der Waals surface area contributed by atoms with E-state index in [0.717, 1.165) is 29.4 Å². The number of rotatable bonds is 2. The average Bonchev–Trinajstić information content (AvgIpc) is 3.05. The number of likely N-dealkylation sites (N-methyl/N-ethyl adjacent to an activating group) is 1. The highest BCUT2D eigenvalue weighted by molar-refractivity contribution is 5.86. The molecule has 27 heavy (non-hydrogen) atoms. The van der Waals surface area contributed by atoms with Crippen LogP contribution in [0.2, 0.25) is 0 Å². The summed E-state index contributed by atoms with van der Waals surface area (Å²) < 4.78 is 6.05. The zero-order chi connectivity index (χ0) is 19.0. The Kier molecular flexibility index (Phi) is 3.44. The summed E-state index contributed by atoms with van der Waals surface area (Å²) in [5, 5.41) is 11.8. The fourth-order valence-corrected chi connectivity index (χ4v) is 6.62. The molecule has 0 aliphatic carbocycles. The minimum atomic E-state index is -0.865. The first kappa shape index (κ1) is 17.0. The fraction of sp³-hybridized carbons (Fsp3) is 0.500. The van der Waals surface area contributed by atoms with Crippen molar-refractivity contribution < 1.29 is 19.1 Å². The van der Waals surface area contributed by atoms with Gasteiger partial charge in [-0.2, -0.15) is 0 Å². The quantitative estimate of drug-likeness (QED) is 0.487. The molecule has 4 aliphatic heterocycles. The Morgan fingerprint density at radius 1 is 1.44 bits per heavy atom. The maximum atomic E-state index is 13.1. The number of aromatic nitrogens is 1. The monoisotopic (exact) mass is 367 g/mol.